The third-order valence-corrected chi connectivity index (χ3v) is 6.82. The molecule has 0 unspecified atom stereocenters. The average Bonchev–Trinajstić information content (AvgIpc) is 2.98. The fraction of sp³-hybridized carbons (Fsp3) is 0.636. The van der Waals surface area contributed by atoms with Gasteiger partial charge in [0.1, 0.15) is 11.8 Å². The lowest BCUT2D eigenvalue weighted by molar-refractivity contribution is -0.177. The average molecular weight is 378 g/mol. The van der Waals surface area contributed by atoms with E-state index in [1.807, 2.05) is 0 Å². The van der Waals surface area contributed by atoms with Crippen LogP contribution in [0.4, 0.5) is 0 Å². The molecule has 3 rings (SSSR count). The van der Waals surface area contributed by atoms with Crippen LogP contribution >= 0.6 is 46.4 Å². The van der Waals surface area contributed by atoms with Gasteiger partial charge in [-0.1, -0.05) is 23.2 Å². The van der Waals surface area contributed by atoms with Crippen molar-refractivity contribution in [2.75, 3.05) is 13.2 Å². The molecule has 2 aliphatic carbocycles. The minimum atomic E-state index is -2.00. The molecular weight excluding hydrogens is 370 g/mol. The summed E-state index contributed by atoms with van der Waals surface area (Å²) in [5.74, 6) is -8.17. The molecule has 2 N–H and O–H groups in total. The van der Waals surface area contributed by atoms with Gasteiger partial charge in [0.2, 0.25) is 5.79 Å². The Kier molecular flexibility index (Phi) is 3.28. The van der Waals surface area contributed by atoms with E-state index in [4.69, 9.17) is 55.9 Å². The molecule has 0 aromatic carbocycles. The van der Waals surface area contributed by atoms with Gasteiger partial charge >= 0.3 is 11.9 Å². The Hall–Kier alpha value is -0.240. The van der Waals surface area contributed by atoms with E-state index in [2.05, 4.69) is 0 Å². The van der Waals surface area contributed by atoms with Crippen molar-refractivity contribution in [2.24, 2.45) is 11.8 Å². The molecule has 0 aromatic heterocycles. The summed E-state index contributed by atoms with van der Waals surface area (Å²) >= 11 is 25.1. The van der Waals surface area contributed by atoms with E-state index in [0.717, 1.165) is 0 Å². The maximum absolute atomic E-state index is 11.6. The Morgan fingerprint density at radius 2 is 1.29 bits per heavy atom. The first-order chi connectivity index (χ1) is 9.66. The number of carbonyl (C=O) groups is 2. The summed E-state index contributed by atoms with van der Waals surface area (Å²) in [4.78, 5) is 19.2. The molecule has 1 aliphatic heterocycles. The second kappa shape index (κ2) is 4.40. The van der Waals surface area contributed by atoms with Crippen molar-refractivity contribution in [1.29, 1.82) is 0 Å². The Balaban J connectivity index is 2.35. The number of rotatable bonds is 2. The van der Waals surface area contributed by atoms with Gasteiger partial charge in [-0.25, -0.2) is 0 Å². The van der Waals surface area contributed by atoms with Gasteiger partial charge in [0, 0.05) is 0 Å². The zero-order valence-electron chi connectivity index (χ0n) is 10.1. The molecule has 0 radical (unpaired) electrons. The predicted molar refractivity (Wildman–Crippen MR) is 72.8 cm³/mol. The lowest BCUT2D eigenvalue weighted by Gasteiger charge is -2.38. The SMILES string of the molecule is O=C(O)[C@@H]1[C@H](C(=O)O)[C@]2(Cl)C(Cl)=C(Cl)[C@]1(Cl)C21OCCO1. The lowest BCUT2D eigenvalue weighted by Crippen LogP contribution is -2.56. The van der Waals surface area contributed by atoms with Crippen LogP contribution in [0.15, 0.2) is 10.1 Å². The molecule has 6 nitrogen and oxygen atoms in total. The lowest BCUT2D eigenvalue weighted by atomic mass is 9.82. The topological polar surface area (TPSA) is 93.1 Å². The standard InChI is InChI=1S/C11H8Cl4O6/c12-5-6(13)10(15)4(8(18)19)3(7(16)17)9(5,14)11(10)20-1-2-21-11/h3-4H,1-2H2,(H,16,17)(H,18,19)/t3-,4+,9-,10-/m0/s1. The molecule has 2 fully saturated rings. The number of ether oxygens (including phenoxy) is 2. The Bertz CT molecular complexity index is 541. The molecule has 116 valence electrons. The van der Waals surface area contributed by atoms with Gasteiger partial charge in [0.15, 0.2) is 9.75 Å². The number of halogens is 4. The summed E-state index contributed by atoms with van der Waals surface area (Å²) in [6, 6.07) is 0. The van der Waals surface area contributed by atoms with Gasteiger partial charge in [0.05, 0.1) is 23.3 Å². The quantitative estimate of drug-likeness (QED) is 0.713. The normalized spacial score (nSPS) is 43.8. The first kappa shape index (κ1) is 15.6. The van der Waals surface area contributed by atoms with Gasteiger partial charge in [-0.05, 0) is 0 Å². The number of hydrogen-bond acceptors (Lipinski definition) is 4. The second-order valence-electron chi connectivity index (χ2n) is 5.00. The molecule has 1 spiro atoms. The summed E-state index contributed by atoms with van der Waals surface area (Å²) in [5.41, 5.74) is 0. The highest BCUT2D eigenvalue weighted by molar-refractivity contribution is 6.53. The molecule has 3 aliphatic rings. The second-order valence-corrected chi connectivity index (χ2v) is 6.95. The van der Waals surface area contributed by atoms with Gasteiger partial charge in [-0.3, -0.25) is 9.59 Å². The van der Waals surface area contributed by atoms with Crippen LogP contribution in [-0.2, 0) is 19.1 Å². The van der Waals surface area contributed by atoms with Crippen LogP contribution in [0.3, 0.4) is 0 Å². The molecule has 10 heteroatoms. The third-order valence-electron chi connectivity index (χ3n) is 4.21. The zero-order chi connectivity index (χ0) is 15.8. The van der Waals surface area contributed by atoms with Crippen molar-refractivity contribution < 1.29 is 29.3 Å². The van der Waals surface area contributed by atoms with Crippen molar-refractivity contribution in [1.82, 2.24) is 0 Å². The minimum Gasteiger partial charge on any atom is -0.481 e. The Labute approximate surface area is 138 Å². The van der Waals surface area contributed by atoms with E-state index in [1.165, 1.54) is 0 Å². The van der Waals surface area contributed by atoms with Crippen molar-refractivity contribution in [3.8, 4) is 0 Å². The van der Waals surface area contributed by atoms with E-state index >= 15 is 0 Å². The Morgan fingerprint density at radius 1 is 0.952 bits per heavy atom. The summed E-state index contributed by atoms with van der Waals surface area (Å²) in [6.45, 7) is 0.131. The molecule has 0 amide bonds. The highest BCUT2D eigenvalue weighted by Crippen LogP contribution is 2.74. The first-order valence-corrected chi connectivity index (χ1v) is 7.35. The number of hydrogen-bond donors (Lipinski definition) is 2. The van der Waals surface area contributed by atoms with E-state index < -0.39 is 39.3 Å². The minimum absolute atomic E-state index is 0.0654. The molecule has 2 bridgehead atoms. The number of carboxylic acid groups (broad SMARTS) is 2. The van der Waals surface area contributed by atoms with Crippen molar-refractivity contribution in [3.63, 3.8) is 0 Å². The predicted octanol–water partition coefficient (Wildman–Crippen LogP) is 1.80. The van der Waals surface area contributed by atoms with Gasteiger partial charge in [-0.2, -0.15) is 0 Å². The summed E-state index contributed by atoms with van der Waals surface area (Å²) in [5, 5.41) is 18.4. The van der Waals surface area contributed by atoms with E-state index in [1.54, 1.807) is 0 Å². The Morgan fingerprint density at radius 3 is 1.57 bits per heavy atom. The molecule has 1 saturated carbocycles. The molecule has 0 aromatic rings. The van der Waals surface area contributed by atoms with Crippen molar-refractivity contribution >= 4 is 58.3 Å². The third kappa shape index (κ3) is 1.40. The smallest absolute Gasteiger partial charge is 0.309 e. The summed E-state index contributed by atoms with van der Waals surface area (Å²) in [7, 11) is 0. The summed E-state index contributed by atoms with van der Waals surface area (Å²) < 4.78 is 10.9. The number of carboxylic acids is 2. The van der Waals surface area contributed by atoms with Crippen LogP contribution in [-0.4, -0.2) is 50.9 Å². The van der Waals surface area contributed by atoms with Crippen LogP contribution in [0.1, 0.15) is 0 Å². The number of alkyl halides is 2. The van der Waals surface area contributed by atoms with E-state index in [0.29, 0.717) is 0 Å². The molecular formula is C11H8Cl4O6. The highest BCUT2D eigenvalue weighted by atomic mass is 35.5. The maximum Gasteiger partial charge on any atom is 0.309 e. The maximum atomic E-state index is 11.6. The van der Waals surface area contributed by atoms with Crippen LogP contribution in [0.5, 0.6) is 0 Å². The number of aliphatic carboxylic acids is 2. The first-order valence-electron chi connectivity index (χ1n) is 5.84. The molecule has 1 heterocycles. The van der Waals surface area contributed by atoms with Gasteiger partial charge in [-0.15, -0.1) is 23.2 Å². The fourth-order valence-electron chi connectivity index (χ4n) is 3.47. The van der Waals surface area contributed by atoms with Gasteiger partial charge in [0.25, 0.3) is 0 Å². The van der Waals surface area contributed by atoms with Crippen LogP contribution in [0, 0.1) is 11.8 Å². The highest BCUT2D eigenvalue weighted by Gasteiger charge is 2.88. The van der Waals surface area contributed by atoms with Gasteiger partial charge < -0.3 is 19.7 Å². The fourth-order valence-corrected chi connectivity index (χ4v) is 5.54. The van der Waals surface area contributed by atoms with E-state index in [9.17, 15) is 19.8 Å². The molecule has 4 atom stereocenters. The van der Waals surface area contributed by atoms with Crippen molar-refractivity contribution in [2.45, 2.75) is 15.5 Å². The van der Waals surface area contributed by atoms with Crippen LogP contribution in [0.25, 0.3) is 0 Å². The monoisotopic (exact) mass is 376 g/mol. The zero-order valence-corrected chi connectivity index (χ0v) is 13.1. The van der Waals surface area contributed by atoms with Crippen molar-refractivity contribution in [3.05, 3.63) is 10.1 Å². The molecule has 21 heavy (non-hydrogen) atoms. The van der Waals surface area contributed by atoms with Crippen LogP contribution in [0.2, 0.25) is 0 Å². The van der Waals surface area contributed by atoms with Crippen LogP contribution < -0.4 is 0 Å². The van der Waals surface area contributed by atoms with E-state index in [-0.39, 0.29) is 23.3 Å². The molecule has 1 saturated heterocycles. The largest absolute Gasteiger partial charge is 0.481 e. The summed E-state index contributed by atoms with van der Waals surface area (Å²) in [6.07, 6.45) is 0.